The van der Waals surface area contributed by atoms with Crippen LogP contribution in [0.2, 0.25) is 0 Å². The zero-order valence-electron chi connectivity index (χ0n) is 15.9. The molecule has 1 aromatic heterocycles. The number of nitrogens with zero attached hydrogens (tertiary/aromatic N) is 4. The zero-order chi connectivity index (χ0) is 19.6. The molecule has 146 valence electrons. The molecule has 0 amide bonds. The van der Waals surface area contributed by atoms with Crippen LogP contribution < -0.4 is 0 Å². The van der Waals surface area contributed by atoms with Gasteiger partial charge in [-0.3, -0.25) is 14.6 Å². The van der Waals surface area contributed by atoms with Crippen LogP contribution in [0.25, 0.3) is 11.4 Å². The van der Waals surface area contributed by atoms with Gasteiger partial charge < -0.3 is 9.63 Å². The van der Waals surface area contributed by atoms with Gasteiger partial charge in [0.2, 0.25) is 11.7 Å². The van der Waals surface area contributed by atoms with Crippen LogP contribution in [0.4, 0.5) is 4.39 Å². The average molecular weight is 376 g/mol. The van der Waals surface area contributed by atoms with Gasteiger partial charge in [-0.2, -0.15) is 4.98 Å². The first-order valence-corrected chi connectivity index (χ1v) is 9.11. The summed E-state index contributed by atoms with van der Waals surface area (Å²) in [5.74, 6) is -0.214. The second kappa shape index (κ2) is 8.14. The molecular weight excluding hydrogens is 351 g/mol. The molecule has 1 saturated heterocycles. The minimum absolute atomic E-state index is 0.0488. The number of likely N-dealkylation sites (tertiary alicyclic amines) is 1. The zero-order valence-corrected chi connectivity index (χ0v) is 15.9. The Bertz CT molecular complexity index is 802. The Morgan fingerprint density at radius 1 is 1.44 bits per heavy atom. The number of halogens is 1. The summed E-state index contributed by atoms with van der Waals surface area (Å²) in [6.07, 6.45) is 1.77. The van der Waals surface area contributed by atoms with E-state index < -0.39 is 5.97 Å². The van der Waals surface area contributed by atoms with Crippen molar-refractivity contribution in [2.45, 2.75) is 38.8 Å². The van der Waals surface area contributed by atoms with Gasteiger partial charge in [-0.1, -0.05) is 17.3 Å². The second-order valence-electron chi connectivity index (χ2n) is 7.17. The van der Waals surface area contributed by atoms with Crippen LogP contribution in [-0.2, 0) is 4.79 Å². The Morgan fingerprint density at radius 3 is 2.78 bits per heavy atom. The smallest absolute Gasteiger partial charge is 0.317 e. The molecule has 1 N–H and O–H groups in total. The van der Waals surface area contributed by atoms with Crippen LogP contribution in [0, 0.1) is 12.7 Å². The molecule has 7 nitrogen and oxygen atoms in total. The highest BCUT2D eigenvalue weighted by Gasteiger charge is 2.29. The Balaban J connectivity index is 1.62. The number of hydrogen-bond donors (Lipinski definition) is 1. The molecule has 2 heterocycles. The molecular formula is C19H25FN4O3. The van der Waals surface area contributed by atoms with Crippen LogP contribution >= 0.6 is 0 Å². The van der Waals surface area contributed by atoms with E-state index in [4.69, 9.17) is 9.63 Å². The van der Waals surface area contributed by atoms with Crippen LogP contribution in [0.15, 0.2) is 22.7 Å². The van der Waals surface area contributed by atoms with Crippen molar-refractivity contribution in [1.82, 2.24) is 19.9 Å². The first kappa shape index (κ1) is 19.4. The normalized spacial score (nSPS) is 17.4. The summed E-state index contributed by atoms with van der Waals surface area (Å²) in [7, 11) is 1.85. The van der Waals surface area contributed by atoms with Crippen molar-refractivity contribution in [2.75, 3.05) is 26.7 Å². The van der Waals surface area contributed by atoms with E-state index >= 15 is 0 Å². The fourth-order valence-corrected chi connectivity index (χ4v) is 3.47. The number of aromatic nitrogens is 2. The maximum Gasteiger partial charge on any atom is 0.317 e. The van der Waals surface area contributed by atoms with Gasteiger partial charge in [-0.05, 0) is 45.4 Å². The van der Waals surface area contributed by atoms with Crippen molar-refractivity contribution in [2.24, 2.45) is 0 Å². The molecule has 0 spiro atoms. The molecule has 27 heavy (non-hydrogen) atoms. The van der Waals surface area contributed by atoms with Gasteiger partial charge >= 0.3 is 5.97 Å². The largest absolute Gasteiger partial charge is 0.480 e. The topological polar surface area (TPSA) is 82.7 Å². The predicted octanol–water partition coefficient (Wildman–Crippen LogP) is 2.73. The summed E-state index contributed by atoms with van der Waals surface area (Å²) in [5.41, 5.74) is 1.17. The second-order valence-corrected chi connectivity index (χ2v) is 7.17. The monoisotopic (exact) mass is 376 g/mol. The molecule has 0 saturated carbocycles. The van der Waals surface area contributed by atoms with Crippen LogP contribution in [-0.4, -0.2) is 63.7 Å². The minimum atomic E-state index is -0.806. The van der Waals surface area contributed by atoms with E-state index in [1.165, 1.54) is 6.07 Å². The van der Waals surface area contributed by atoms with E-state index in [1.54, 1.807) is 19.1 Å². The molecule has 1 unspecified atom stereocenters. The number of carboxylic acids is 1. The number of carbonyl (C=O) groups is 1. The minimum Gasteiger partial charge on any atom is -0.480 e. The van der Waals surface area contributed by atoms with Crippen LogP contribution in [0.5, 0.6) is 0 Å². The Hall–Kier alpha value is -2.32. The number of benzene rings is 1. The highest BCUT2D eigenvalue weighted by Crippen LogP contribution is 2.27. The number of aryl methyl sites for hydroxylation is 1. The standard InChI is InChI=1S/C19H25FN4O3/c1-12-4-5-14(10-16(12)20)18-21-19(27-22-18)13(2)24-8-6-15(7-9-24)23(3)11-17(25)26/h4-5,10,13,15H,6-9,11H2,1-3H3,(H,25,26). The van der Waals surface area contributed by atoms with Gasteiger partial charge in [0.1, 0.15) is 5.82 Å². The number of hydrogen-bond acceptors (Lipinski definition) is 6. The number of aliphatic carboxylic acids is 1. The van der Waals surface area contributed by atoms with E-state index in [0.717, 1.165) is 25.9 Å². The quantitative estimate of drug-likeness (QED) is 0.830. The van der Waals surface area contributed by atoms with Crippen molar-refractivity contribution in [1.29, 1.82) is 0 Å². The highest BCUT2D eigenvalue weighted by atomic mass is 19.1. The lowest BCUT2D eigenvalue weighted by molar-refractivity contribution is -0.138. The molecule has 1 fully saturated rings. The van der Waals surface area contributed by atoms with Crippen molar-refractivity contribution in [3.8, 4) is 11.4 Å². The van der Waals surface area contributed by atoms with Crippen molar-refractivity contribution in [3.63, 3.8) is 0 Å². The summed E-state index contributed by atoms with van der Waals surface area (Å²) in [6.45, 7) is 5.42. The summed E-state index contributed by atoms with van der Waals surface area (Å²) in [4.78, 5) is 19.4. The molecule has 8 heteroatoms. The molecule has 1 aliphatic heterocycles. The Morgan fingerprint density at radius 2 is 2.15 bits per heavy atom. The van der Waals surface area contributed by atoms with E-state index in [0.29, 0.717) is 22.8 Å². The molecule has 1 aromatic carbocycles. The Labute approximate surface area is 157 Å². The van der Waals surface area contributed by atoms with Crippen LogP contribution in [0.3, 0.4) is 0 Å². The van der Waals surface area contributed by atoms with E-state index in [1.807, 2.05) is 18.9 Å². The van der Waals surface area contributed by atoms with E-state index in [-0.39, 0.29) is 24.4 Å². The van der Waals surface area contributed by atoms with Gasteiger partial charge in [-0.25, -0.2) is 4.39 Å². The third-order valence-electron chi connectivity index (χ3n) is 5.28. The predicted molar refractivity (Wildman–Crippen MR) is 97.7 cm³/mol. The highest BCUT2D eigenvalue weighted by molar-refractivity contribution is 5.69. The molecule has 1 atom stereocenters. The number of likely N-dealkylation sites (N-methyl/N-ethyl adjacent to an activating group) is 1. The van der Waals surface area contributed by atoms with E-state index in [9.17, 15) is 9.18 Å². The van der Waals surface area contributed by atoms with E-state index in [2.05, 4.69) is 15.0 Å². The number of rotatable bonds is 6. The van der Waals surface area contributed by atoms with Gasteiger partial charge in [0, 0.05) is 24.7 Å². The van der Waals surface area contributed by atoms with Gasteiger partial charge in [-0.15, -0.1) is 0 Å². The molecule has 0 aliphatic carbocycles. The number of carboxylic acid groups (broad SMARTS) is 1. The van der Waals surface area contributed by atoms with Gasteiger partial charge in [0.25, 0.3) is 0 Å². The van der Waals surface area contributed by atoms with Crippen molar-refractivity contribution < 1.29 is 18.8 Å². The van der Waals surface area contributed by atoms with Crippen molar-refractivity contribution >= 4 is 5.97 Å². The van der Waals surface area contributed by atoms with Gasteiger partial charge in [0.05, 0.1) is 12.6 Å². The summed E-state index contributed by atoms with van der Waals surface area (Å²) in [5, 5.41) is 12.9. The SMILES string of the molecule is Cc1ccc(-c2noc(C(C)N3CCC(N(C)CC(=O)O)CC3)n2)cc1F. The number of piperidine rings is 1. The molecule has 3 rings (SSSR count). The average Bonchev–Trinajstić information content (AvgIpc) is 3.13. The molecule has 1 aliphatic rings. The maximum absolute atomic E-state index is 13.8. The summed E-state index contributed by atoms with van der Waals surface area (Å²) >= 11 is 0. The lowest BCUT2D eigenvalue weighted by atomic mass is 10.0. The molecule has 0 radical (unpaired) electrons. The van der Waals surface area contributed by atoms with Gasteiger partial charge in [0.15, 0.2) is 0 Å². The van der Waals surface area contributed by atoms with Crippen molar-refractivity contribution in [3.05, 3.63) is 35.5 Å². The summed E-state index contributed by atoms with van der Waals surface area (Å²) in [6, 6.07) is 5.10. The fraction of sp³-hybridized carbons (Fsp3) is 0.526. The first-order valence-electron chi connectivity index (χ1n) is 9.11. The Kier molecular flexibility index (Phi) is 5.86. The lowest BCUT2D eigenvalue weighted by Gasteiger charge is -2.37. The third kappa shape index (κ3) is 4.51. The van der Waals surface area contributed by atoms with Crippen LogP contribution in [0.1, 0.15) is 37.3 Å². The molecule has 2 aromatic rings. The maximum atomic E-state index is 13.8. The fourth-order valence-electron chi connectivity index (χ4n) is 3.47. The third-order valence-corrected chi connectivity index (χ3v) is 5.28. The first-order chi connectivity index (χ1) is 12.8. The lowest BCUT2D eigenvalue weighted by Crippen LogP contribution is -2.45. The molecule has 0 bridgehead atoms. The summed E-state index contributed by atoms with van der Waals surface area (Å²) < 4.78 is 19.2.